The van der Waals surface area contributed by atoms with E-state index in [0.717, 1.165) is 77.4 Å². The van der Waals surface area contributed by atoms with Gasteiger partial charge in [-0.15, -0.1) is 11.3 Å². The molecule has 80 heavy (non-hydrogen) atoms. The van der Waals surface area contributed by atoms with Gasteiger partial charge >= 0.3 is 0 Å². The summed E-state index contributed by atoms with van der Waals surface area (Å²) in [5.74, 6) is 0.359. The Labute approximate surface area is 473 Å². The molecule has 3 fully saturated rings. The molecule has 4 amide bonds. The van der Waals surface area contributed by atoms with Crippen LogP contribution in [-0.4, -0.2) is 151 Å². The zero-order chi connectivity index (χ0) is 55.9. The third-order valence-electron chi connectivity index (χ3n) is 15.7. The Morgan fingerprint density at radius 3 is 2.39 bits per heavy atom. The van der Waals surface area contributed by atoms with Crippen LogP contribution in [0.3, 0.4) is 0 Å². The topological polar surface area (TPSA) is 195 Å². The predicted octanol–water partition coefficient (Wildman–Crippen LogP) is 9.20. The van der Waals surface area contributed by atoms with Gasteiger partial charge in [0.25, 0.3) is 0 Å². The number of hydrogen-bond acceptors (Lipinski definition) is 14. The highest BCUT2D eigenvalue weighted by Gasteiger charge is 2.40. The number of nitrogens with zero attached hydrogens (tertiary/aromatic N) is 7. The molecule has 0 radical (unpaired) electrons. The maximum Gasteiger partial charge on any atom is 0.246 e. The maximum absolute atomic E-state index is 17.0. The molecule has 7 aromatic rings. The molecule has 2 aliphatic heterocycles. The lowest BCUT2D eigenvalue weighted by molar-refractivity contribution is -0.139. The van der Waals surface area contributed by atoms with Gasteiger partial charge in [0.05, 0.1) is 36.5 Å². The highest BCUT2D eigenvalue weighted by Crippen LogP contribution is 2.44. The number of carbonyl (C=O) groups excluding carboxylic acids is 4. The number of rotatable bonds is 20. The second-order valence-electron chi connectivity index (χ2n) is 20.9. The number of piperazine rings is 1. The van der Waals surface area contributed by atoms with Gasteiger partial charge in [-0.25, -0.2) is 14.4 Å². The van der Waals surface area contributed by atoms with Crippen molar-refractivity contribution in [3.05, 3.63) is 100 Å². The molecule has 2 aromatic heterocycles. The molecule has 0 spiro atoms. The zero-order valence-corrected chi connectivity index (χ0v) is 47.0. The third kappa shape index (κ3) is 12.4. The van der Waals surface area contributed by atoms with E-state index in [9.17, 15) is 24.3 Å². The van der Waals surface area contributed by atoms with Crippen molar-refractivity contribution in [3.63, 3.8) is 0 Å². The molecule has 2 atom stereocenters. The van der Waals surface area contributed by atoms with Gasteiger partial charge in [0.15, 0.2) is 5.82 Å². The number of likely N-dealkylation sites (tertiary alicyclic amines) is 1. The Morgan fingerprint density at radius 1 is 0.850 bits per heavy atom. The van der Waals surface area contributed by atoms with Crippen molar-refractivity contribution < 1.29 is 38.1 Å². The fourth-order valence-corrected chi connectivity index (χ4v) is 12.7. The molecule has 20 heteroatoms. The fraction of sp³-hybridized carbons (Fsp3) is 0.417. The van der Waals surface area contributed by atoms with Crippen molar-refractivity contribution in [2.24, 2.45) is 5.92 Å². The second kappa shape index (κ2) is 25.5. The lowest BCUT2D eigenvalue weighted by Gasteiger charge is -2.35. The molecule has 17 nitrogen and oxygen atoms in total. The first-order chi connectivity index (χ1) is 38.9. The average Bonchev–Trinajstić information content (AvgIpc) is 4.12. The number of hydrogen-bond donors (Lipinski definition) is 4. The van der Waals surface area contributed by atoms with E-state index in [-0.39, 0.29) is 96.1 Å². The molecule has 420 valence electrons. The number of halogens is 2. The van der Waals surface area contributed by atoms with Gasteiger partial charge in [-0.1, -0.05) is 79.4 Å². The number of carbonyl (C=O) groups is 4. The summed E-state index contributed by atoms with van der Waals surface area (Å²) in [6.45, 7) is 5.54. The van der Waals surface area contributed by atoms with Crippen LogP contribution in [0.5, 0.6) is 11.5 Å². The van der Waals surface area contributed by atoms with Gasteiger partial charge in [0, 0.05) is 93.5 Å². The number of likely N-dealkylation sites (N-methyl/N-ethyl adjacent to an activating group) is 2. The summed E-state index contributed by atoms with van der Waals surface area (Å²) in [6, 6.07) is 23.4. The quantitative estimate of drug-likeness (QED) is 0.0528. The van der Waals surface area contributed by atoms with E-state index in [1.165, 1.54) is 13.0 Å². The van der Waals surface area contributed by atoms with E-state index in [0.29, 0.717) is 73.8 Å². The first kappa shape index (κ1) is 56.1. The number of phenolic OH excluding ortho intramolecular Hbond substituents is 1. The van der Waals surface area contributed by atoms with Crippen LogP contribution in [0.25, 0.3) is 54.8 Å². The summed E-state index contributed by atoms with van der Waals surface area (Å²) in [6.07, 6.45) is 6.96. The number of aromatic nitrogens is 3. The van der Waals surface area contributed by atoms with Crippen molar-refractivity contribution in [1.29, 1.82) is 0 Å². The Morgan fingerprint density at radius 2 is 1.61 bits per heavy atom. The molecule has 10 rings (SSSR count). The number of phenols is 1. The summed E-state index contributed by atoms with van der Waals surface area (Å²) in [7, 11) is 3.44. The van der Waals surface area contributed by atoms with E-state index < -0.39 is 11.9 Å². The van der Waals surface area contributed by atoms with Crippen molar-refractivity contribution in [2.45, 2.75) is 70.4 Å². The van der Waals surface area contributed by atoms with E-state index >= 15 is 4.39 Å². The van der Waals surface area contributed by atoms with Crippen molar-refractivity contribution in [3.8, 4) is 33.9 Å². The number of benzene rings is 5. The molecule has 3 aliphatic rings. The zero-order valence-electron chi connectivity index (χ0n) is 45.4. The predicted molar refractivity (Wildman–Crippen MR) is 312 cm³/mol. The maximum atomic E-state index is 17.0. The van der Waals surface area contributed by atoms with Crippen LogP contribution in [-0.2, 0) is 23.9 Å². The number of amides is 4. The number of fused-ring (bicyclic) bond motifs is 3. The molecular weight excluding hydrogens is 1060 g/mol. The van der Waals surface area contributed by atoms with Crippen molar-refractivity contribution in [2.75, 3.05) is 96.5 Å². The Hall–Kier alpha value is -7.19. The fourth-order valence-electron chi connectivity index (χ4n) is 11.5. The van der Waals surface area contributed by atoms with Gasteiger partial charge in [-0.2, -0.15) is 4.98 Å². The molecular formula is C60H68ClFN10O7S. The van der Waals surface area contributed by atoms with Crippen LogP contribution >= 0.6 is 22.9 Å². The molecule has 5 aromatic carbocycles. The normalized spacial score (nSPS) is 16.4. The van der Waals surface area contributed by atoms with E-state index in [1.54, 1.807) is 47.4 Å². The van der Waals surface area contributed by atoms with Crippen LogP contribution in [0, 0.1) is 11.7 Å². The molecule has 0 bridgehead atoms. The highest BCUT2D eigenvalue weighted by molar-refractivity contribution is 7.10. The molecule has 1 aliphatic carbocycles. The standard InChI is InChI=1S/C60H68ClFN10O7S/c1-37(73)70-24-26-71(27-25-70)57-46-34-47(61)53(45-33-40(74)32-39-14-7-8-15-41(39)45)54(62)56(46)67-60(68-57)64-22-21-52(76)69(3)28-29-78-30-31-79-50-20-19-43(42-16-9-10-17-44(42)50)48-36-80-58(65-48)49-18-11-23-72(49)59(77)55(66-51(75)35-63-2)38-12-5-4-6-13-38/h7-10,14-17,19-20,32-34,36,38,49,55,63,74H,4-6,11-13,18,21-31,35H2,1-3H3,(H,66,75)(H,64,67,68). The number of ether oxygens (including phenoxy) is 2. The first-order valence-corrected chi connectivity index (χ1v) is 28.9. The summed E-state index contributed by atoms with van der Waals surface area (Å²) in [4.78, 5) is 74.5. The van der Waals surface area contributed by atoms with Crippen LogP contribution in [0.15, 0.2) is 84.2 Å². The summed E-state index contributed by atoms with van der Waals surface area (Å²) >= 11 is 8.47. The first-order valence-electron chi connectivity index (χ1n) is 27.7. The second-order valence-corrected chi connectivity index (χ2v) is 22.2. The van der Waals surface area contributed by atoms with E-state index in [4.69, 9.17) is 31.0 Å². The SMILES string of the molecule is CNCC(=O)NC(C(=O)N1CCCC1c1nc(-c2ccc(OCCOCCN(C)C(=O)CCNc3nc(N4CCN(C(C)=O)CC4)c4cc(Cl)c(-c5cc(O)cc6ccccc56)c(F)c4n3)c3ccccc23)cs1)C1CCCCC1. The lowest BCUT2D eigenvalue weighted by Crippen LogP contribution is -2.53. The Kier molecular flexibility index (Phi) is 17.9. The van der Waals surface area contributed by atoms with Gasteiger partial charge in [-0.05, 0) is 90.7 Å². The monoisotopic (exact) mass is 1130 g/mol. The largest absolute Gasteiger partial charge is 0.508 e. The molecule has 1 saturated carbocycles. The van der Waals surface area contributed by atoms with Crippen molar-refractivity contribution in [1.82, 2.24) is 40.3 Å². The minimum atomic E-state index is -0.678. The molecule has 4 N–H and O–H groups in total. The third-order valence-corrected chi connectivity index (χ3v) is 16.9. The summed E-state index contributed by atoms with van der Waals surface area (Å²) in [5.41, 5.74) is 2.33. The minimum absolute atomic E-state index is 0.00613. The average molecular weight is 1130 g/mol. The lowest BCUT2D eigenvalue weighted by atomic mass is 9.83. The number of nitrogens with one attached hydrogen (secondary N) is 3. The Bertz CT molecular complexity index is 3410. The van der Waals surface area contributed by atoms with Gasteiger partial charge in [-0.3, -0.25) is 19.2 Å². The van der Waals surface area contributed by atoms with E-state index in [1.807, 2.05) is 64.4 Å². The summed E-state index contributed by atoms with van der Waals surface area (Å²) < 4.78 is 29.3. The van der Waals surface area contributed by atoms with Crippen LogP contribution in [0.1, 0.15) is 69.3 Å². The van der Waals surface area contributed by atoms with Crippen LogP contribution in [0.4, 0.5) is 16.2 Å². The van der Waals surface area contributed by atoms with E-state index in [2.05, 4.69) is 32.4 Å². The highest BCUT2D eigenvalue weighted by atomic mass is 35.5. The number of anilines is 2. The molecule has 4 heterocycles. The smallest absolute Gasteiger partial charge is 0.246 e. The summed E-state index contributed by atoms with van der Waals surface area (Å²) in [5, 5.41) is 26.6. The van der Waals surface area contributed by atoms with Gasteiger partial charge in [0.1, 0.15) is 40.5 Å². The van der Waals surface area contributed by atoms with Gasteiger partial charge < -0.3 is 50.1 Å². The van der Waals surface area contributed by atoms with Crippen LogP contribution < -0.4 is 25.6 Å². The van der Waals surface area contributed by atoms with Crippen LogP contribution in [0.2, 0.25) is 5.02 Å². The molecule has 2 unspecified atom stereocenters. The number of thiazole rings is 1. The van der Waals surface area contributed by atoms with Crippen molar-refractivity contribution >= 4 is 90.8 Å². The minimum Gasteiger partial charge on any atom is -0.508 e. The molecule has 2 saturated heterocycles. The van der Waals surface area contributed by atoms with Gasteiger partial charge in [0.2, 0.25) is 29.6 Å². The number of aromatic hydroxyl groups is 1. The Balaban J connectivity index is 0.737.